The molecule has 6 nitrogen and oxygen atoms in total. The van der Waals surface area contributed by atoms with Crippen LogP contribution in [0.5, 0.6) is 0 Å². The summed E-state index contributed by atoms with van der Waals surface area (Å²) < 4.78 is 42.5. The molecule has 1 unspecified atom stereocenters. The van der Waals surface area contributed by atoms with Gasteiger partial charge in [-0.25, -0.2) is 17.5 Å². The number of aryl methyl sites for hydroxylation is 1. The van der Waals surface area contributed by atoms with Gasteiger partial charge in [0.1, 0.15) is 5.82 Å². The number of benzene rings is 3. The van der Waals surface area contributed by atoms with Crippen LogP contribution in [0.4, 0.5) is 4.39 Å². The minimum Gasteiger partial charge on any atom is -0.272 e. The zero-order valence-corrected chi connectivity index (χ0v) is 21.5. The van der Waals surface area contributed by atoms with Gasteiger partial charge in [0.15, 0.2) is 11.0 Å². The first-order valence-electron chi connectivity index (χ1n) is 10.8. The van der Waals surface area contributed by atoms with Crippen LogP contribution in [0.15, 0.2) is 78.0 Å². The minimum atomic E-state index is -3.56. The molecule has 0 fully saturated rings. The van der Waals surface area contributed by atoms with Crippen molar-refractivity contribution in [2.45, 2.75) is 30.3 Å². The van der Waals surface area contributed by atoms with Gasteiger partial charge >= 0.3 is 0 Å². The Bertz CT molecular complexity index is 1410. The lowest BCUT2D eigenvalue weighted by Crippen LogP contribution is -2.31. The van der Waals surface area contributed by atoms with E-state index < -0.39 is 16.1 Å². The summed E-state index contributed by atoms with van der Waals surface area (Å²) in [4.78, 5) is 0. The van der Waals surface area contributed by atoms with E-state index in [-0.39, 0.29) is 5.82 Å². The molecule has 1 atom stereocenters. The fourth-order valence-corrected chi connectivity index (χ4v) is 5.45. The molecule has 1 N–H and O–H groups in total. The second kappa shape index (κ2) is 10.9. The van der Waals surface area contributed by atoms with E-state index in [9.17, 15) is 12.8 Å². The summed E-state index contributed by atoms with van der Waals surface area (Å²) in [6.07, 6.45) is 1.51. The second-order valence-corrected chi connectivity index (χ2v) is 11.3. The molecule has 0 radical (unpaired) electrons. The summed E-state index contributed by atoms with van der Waals surface area (Å²) in [7, 11) is -3.56. The van der Waals surface area contributed by atoms with Crippen molar-refractivity contribution in [2.24, 2.45) is 0 Å². The van der Waals surface area contributed by atoms with Crippen LogP contribution in [0.3, 0.4) is 0 Å². The second-order valence-electron chi connectivity index (χ2n) is 8.15. The predicted octanol–water partition coefficient (Wildman–Crippen LogP) is 5.49. The van der Waals surface area contributed by atoms with Gasteiger partial charge in [-0.3, -0.25) is 4.57 Å². The van der Waals surface area contributed by atoms with Gasteiger partial charge in [-0.05, 0) is 54.3 Å². The largest absolute Gasteiger partial charge is 0.272 e. The zero-order valence-electron chi connectivity index (χ0n) is 19.2. The van der Waals surface area contributed by atoms with E-state index in [1.54, 1.807) is 18.2 Å². The molecule has 10 heteroatoms. The van der Waals surface area contributed by atoms with Crippen LogP contribution in [-0.4, -0.2) is 29.4 Å². The molecule has 1 heterocycles. The van der Waals surface area contributed by atoms with Crippen molar-refractivity contribution in [2.75, 3.05) is 6.26 Å². The molecule has 0 aliphatic heterocycles. The van der Waals surface area contributed by atoms with Crippen LogP contribution in [0.2, 0.25) is 5.02 Å². The van der Waals surface area contributed by atoms with E-state index in [1.807, 2.05) is 54.0 Å². The van der Waals surface area contributed by atoms with Crippen molar-refractivity contribution in [1.29, 1.82) is 0 Å². The van der Waals surface area contributed by atoms with E-state index in [0.29, 0.717) is 28.2 Å². The maximum atomic E-state index is 13.3. The molecule has 35 heavy (non-hydrogen) atoms. The molecular weight excluding hydrogens is 507 g/mol. The zero-order chi connectivity index (χ0) is 25.0. The van der Waals surface area contributed by atoms with Gasteiger partial charge in [0, 0.05) is 10.8 Å². The average Bonchev–Trinajstić information content (AvgIpc) is 3.23. The van der Waals surface area contributed by atoms with E-state index >= 15 is 0 Å². The number of sulfonamides is 1. The number of nitrogens with zero attached hydrogens (tertiary/aromatic N) is 3. The molecule has 4 rings (SSSR count). The van der Waals surface area contributed by atoms with Crippen LogP contribution in [0.25, 0.3) is 5.69 Å². The van der Waals surface area contributed by atoms with Crippen molar-refractivity contribution < 1.29 is 12.8 Å². The summed E-state index contributed by atoms with van der Waals surface area (Å²) in [6, 6.07) is 20.7. The Hall–Kier alpha value is -2.72. The average molecular weight is 531 g/mol. The first-order valence-corrected chi connectivity index (χ1v) is 14.1. The summed E-state index contributed by atoms with van der Waals surface area (Å²) in [6.45, 7) is 1.94. The summed E-state index contributed by atoms with van der Waals surface area (Å²) in [5.41, 5.74) is 3.56. The van der Waals surface area contributed by atoms with Gasteiger partial charge < -0.3 is 0 Å². The minimum absolute atomic E-state index is 0.297. The molecule has 0 aliphatic carbocycles. The van der Waals surface area contributed by atoms with Gasteiger partial charge in [0.25, 0.3) is 0 Å². The topological polar surface area (TPSA) is 76.9 Å². The monoisotopic (exact) mass is 530 g/mol. The SMILES string of the molecule is Cc1ccc(Cl)cc1-n1c(SCc2ccc(F)cc2)nnc1C(Cc1ccccc1)NS(C)(=O)=O. The first kappa shape index (κ1) is 25.4. The molecule has 0 bridgehead atoms. The Morgan fingerprint density at radius 2 is 1.74 bits per heavy atom. The maximum absolute atomic E-state index is 13.3. The Morgan fingerprint density at radius 3 is 2.43 bits per heavy atom. The first-order chi connectivity index (χ1) is 16.7. The van der Waals surface area contributed by atoms with E-state index in [0.717, 1.165) is 28.6 Å². The fraction of sp³-hybridized carbons (Fsp3) is 0.200. The Morgan fingerprint density at radius 1 is 1.03 bits per heavy atom. The van der Waals surface area contributed by atoms with Gasteiger partial charge in [-0.2, -0.15) is 0 Å². The van der Waals surface area contributed by atoms with Gasteiger partial charge in [-0.1, -0.05) is 71.9 Å². The van der Waals surface area contributed by atoms with E-state index in [1.165, 1.54) is 23.9 Å². The summed E-state index contributed by atoms with van der Waals surface area (Å²) in [5.74, 6) is 0.682. The highest BCUT2D eigenvalue weighted by Gasteiger charge is 2.26. The van der Waals surface area contributed by atoms with Gasteiger partial charge in [0.2, 0.25) is 10.0 Å². The van der Waals surface area contributed by atoms with E-state index in [4.69, 9.17) is 11.6 Å². The van der Waals surface area contributed by atoms with Crippen molar-refractivity contribution >= 4 is 33.4 Å². The van der Waals surface area contributed by atoms with Crippen molar-refractivity contribution in [3.63, 3.8) is 0 Å². The lowest BCUT2D eigenvalue weighted by molar-refractivity contribution is 0.542. The third kappa shape index (κ3) is 6.70. The van der Waals surface area contributed by atoms with Crippen LogP contribution < -0.4 is 4.72 Å². The Labute approximate surface area is 213 Å². The molecule has 0 amide bonds. The Kier molecular flexibility index (Phi) is 7.91. The number of rotatable bonds is 9. The number of halogens is 2. The lowest BCUT2D eigenvalue weighted by atomic mass is 10.1. The fourth-order valence-electron chi connectivity index (χ4n) is 3.67. The summed E-state index contributed by atoms with van der Waals surface area (Å²) in [5, 5.41) is 9.95. The van der Waals surface area contributed by atoms with Crippen molar-refractivity contribution in [3.05, 3.63) is 106 Å². The molecule has 0 aliphatic rings. The molecule has 0 spiro atoms. The number of nitrogens with one attached hydrogen (secondary N) is 1. The van der Waals surface area contributed by atoms with Crippen LogP contribution in [0, 0.1) is 12.7 Å². The number of hydrogen-bond donors (Lipinski definition) is 1. The standard InChI is InChI=1S/C25H24ClFN4O2S2/c1-17-8-11-20(26)15-23(17)31-24(22(30-35(2,32)33)14-18-6-4-3-5-7-18)28-29-25(31)34-16-19-9-12-21(27)13-10-19/h3-13,15,22,30H,14,16H2,1-2H3. The van der Waals surface area contributed by atoms with E-state index in [2.05, 4.69) is 14.9 Å². The third-order valence-corrected chi connectivity index (χ3v) is 7.25. The molecule has 3 aromatic carbocycles. The van der Waals surface area contributed by atoms with Gasteiger partial charge in [0.05, 0.1) is 18.0 Å². The van der Waals surface area contributed by atoms with Gasteiger partial charge in [-0.15, -0.1) is 10.2 Å². The highest BCUT2D eigenvalue weighted by atomic mass is 35.5. The molecule has 0 saturated heterocycles. The Balaban J connectivity index is 1.79. The molecule has 182 valence electrons. The molecule has 1 aromatic heterocycles. The molecule has 4 aromatic rings. The highest BCUT2D eigenvalue weighted by Crippen LogP contribution is 2.31. The van der Waals surface area contributed by atoms with Crippen molar-refractivity contribution in [3.8, 4) is 5.69 Å². The smallest absolute Gasteiger partial charge is 0.209 e. The third-order valence-electron chi connectivity index (χ3n) is 5.30. The number of thioether (sulfide) groups is 1. The quantitative estimate of drug-likeness (QED) is 0.289. The van der Waals surface area contributed by atoms with Crippen LogP contribution >= 0.6 is 23.4 Å². The lowest BCUT2D eigenvalue weighted by Gasteiger charge is -2.20. The predicted molar refractivity (Wildman–Crippen MR) is 138 cm³/mol. The normalized spacial score (nSPS) is 12.6. The molecular formula is C25H24ClFN4O2S2. The highest BCUT2D eigenvalue weighted by molar-refractivity contribution is 7.98. The maximum Gasteiger partial charge on any atom is 0.209 e. The van der Waals surface area contributed by atoms with Crippen LogP contribution in [0.1, 0.15) is 28.6 Å². The molecule has 0 saturated carbocycles. The number of aromatic nitrogens is 3. The number of hydrogen-bond acceptors (Lipinski definition) is 5. The summed E-state index contributed by atoms with van der Waals surface area (Å²) >= 11 is 7.76. The van der Waals surface area contributed by atoms with Crippen molar-refractivity contribution in [1.82, 2.24) is 19.5 Å². The van der Waals surface area contributed by atoms with Crippen LogP contribution in [-0.2, 0) is 22.2 Å².